The van der Waals surface area contributed by atoms with Crippen LogP contribution in [0.3, 0.4) is 0 Å². The Morgan fingerprint density at radius 2 is 1.33 bits per heavy atom. The molecule has 0 atom stereocenters. The molecule has 21 heavy (non-hydrogen) atoms. The van der Waals surface area contributed by atoms with Crippen molar-refractivity contribution in [3.05, 3.63) is 0 Å². The van der Waals surface area contributed by atoms with Crippen molar-refractivity contribution in [2.75, 3.05) is 26.2 Å². The van der Waals surface area contributed by atoms with Crippen LogP contribution in [0.4, 0.5) is 0 Å². The van der Waals surface area contributed by atoms with E-state index in [1.165, 1.54) is 32.1 Å². The summed E-state index contributed by atoms with van der Waals surface area (Å²) in [6, 6.07) is 0. The molecule has 0 aromatic rings. The van der Waals surface area contributed by atoms with Crippen molar-refractivity contribution < 1.29 is 9.59 Å². The number of hydrogen-bond acceptors (Lipinski definition) is 2. The van der Waals surface area contributed by atoms with Crippen molar-refractivity contribution in [1.82, 2.24) is 9.80 Å². The van der Waals surface area contributed by atoms with Crippen molar-refractivity contribution in [3.8, 4) is 0 Å². The van der Waals surface area contributed by atoms with Crippen LogP contribution in [0.2, 0.25) is 0 Å². The van der Waals surface area contributed by atoms with E-state index in [1.807, 2.05) is 4.90 Å². The summed E-state index contributed by atoms with van der Waals surface area (Å²) in [5.41, 5.74) is 0. The maximum absolute atomic E-state index is 11.7. The third-order valence-electron chi connectivity index (χ3n) is 4.17. The van der Waals surface area contributed by atoms with Gasteiger partial charge in [-0.05, 0) is 12.8 Å². The van der Waals surface area contributed by atoms with Crippen molar-refractivity contribution in [2.45, 2.75) is 65.7 Å². The predicted octanol–water partition coefficient (Wildman–Crippen LogP) is 3.06. The molecule has 2 fully saturated rings. The lowest BCUT2D eigenvalue weighted by molar-refractivity contribution is -0.139. The minimum absolute atomic E-state index is 0.114. The quantitative estimate of drug-likeness (QED) is 0.732. The Labute approximate surface area is 129 Å². The van der Waals surface area contributed by atoms with E-state index in [9.17, 15) is 9.59 Å². The van der Waals surface area contributed by atoms with Crippen LogP contribution in [0.25, 0.3) is 0 Å². The highest BCUT2D eigenvalue weighted by Gasteiger charge is 2.34. The van der Waals surface area contributed by atoms with Gasteiger partial charge in [0.2, 0.25) is 11.8 Å². The Kier molecular flexibility index (Phi) is 8.40. The summed E-state index contributed by atoms with van der Waals surface area (Å²) in [5, 5.41) is 0. The van der Waals surface area contributed by atoms with Gasteiger partial charge >= 0.3 is 0 Å². The summed E-state index contributed by atoms with van der Waals surface area (Å²) in [4.78, 5) is 26.4. The molecule has 0 bridgehead atoms. The van der Waals surface area contributed by atoms with Gasteiger partial charge in [0.25, 0.3) is 0 Å². The molecule has 1 heterocycles. The number of rotatable bonds is 5. The van der Waals surface area contributed by atoms with E-state index in [0.717, 1.165) is 25.9 Å². The van der Waals surface area contributed by atoms with Crippen LogP contribution in [-0.2, 0) is 9.59 Å². The summed E-state index contributed by atoms with van der Waals surface area (Å²) in [5.74, 6) is 0.718. The lowest BCUT2D eigenvalue weighted by atomic mass is 10.2. The Morgan fingerprint density at radius 1 is 0.857 bits per heavy atom. The number of unbranched alkanes of at least 4 members (excludes halogenated alkanes) is 4. The van der Waals surface area contributed by atoms with E-state index in [1.54, 1.807) is 11.8 Å². The van der Waals surface area contributed by atoms with Crippen molar-refractivity contribution in [1.29, 1.82) is 0 Å². The van der Waals surface area contributed by atoms with Gasteiger partial charge in [0, 0.05) is 39.0 Å². The van der Waals surface area contributed by atoms with Gasteiger partial charge in [-0.15, -0.1) is 0 Å². The van der Waals surface area contributed by atoms with Gasteiger partial charge in [-0.3, -0.25) is 9.59 Å². The highest BCUT2D eigenvalue weighted by atomic mass is 16.2. The van der Waals surface area contributed by atoms with Gasteiger partial charge in [-0.25, -0.2) is 0 Å². The molecule has 0 spiro atoms. The molecule has 0 radical (unpaired) electrons. The van der Waals surface area contributed by atoms with E-state index in [2.05, 4.69) is 13.8 Å². The monoisotopic (exact) mass is 296 g/mol. The lowest BCUT2D eigenvalue weighted by Crippen LogP contribution is -2.50. The molecule has 0 N–H and O–H groups in total. The van der Waals surface area contributed by atoms with E-state index in [4.69, 9.17) is 0 Å². The van der Waals surface area contributed by atoms with Gasteiger partial charge < -0.3 is 9.80 Å². The zero-order valence-corrected chi connectivity index (χ0v) is 14.1. The molecule has 1 aliphatic carbocycles. The molecule has 122 valence electrons. The van der Waals surface area contributed by atoms with Crippen LogP contribution in [-0.4, -0.2) is 47.8 Å². The Hall–Kier alpha value is -1.06. The molecule has 1 aliphatic heterocycles. The molecule has 0 unspecified atom stereocenters. The molecule has 1 saturated heterocycles. The Morgan fingerprint density at radius 3 is 1.71 bits per heavy atom. The Balaban J connectivity index is 0.000000270. The number of carbonyl (C=O) groups excluding carboxylic acids is 2. The summed E-state index contributed by atoms with van der Waals surface area (Å²) >= 11 is 0. The highest BCUT2D eigenvalue weighted by Crippen LogP contribution is 2.31. The SMILES string of the molecule is CC(=O)N1CCN(C(=O)C2CC2)CC1.CCCCCCC. The molecule has 1 saturated carbocycles. The smallest absolute Gasteiger partial charge is 0.225 e. The summed E-state index contributed by atoms with van der Waals surface area (Å²) in [7, 11) is 0. The third kappa shape index (κ3) is 6.96. The second-order valence-corrected chi connectivity index (χ2v) is 6.17. The average Bonchev–Trinajstić information content (AvgIpc) is 3.32. The topological polar surface area (TPSA) is 40.6 Å². The van der Waals surface area contributed by atoms with Crippen LogP contribution >= 0.6 is 0 Å². The van der Waals surface area contributed by atoms with E-state index >= 15 is 0 Å². The molecule has 2 aliphatic rings. The third-order valence-corrected chi connectivity index (χ3v) is 4.17. The fraction of sp³-hybridized carbons (Fsp3) is 0.882. The first-order valence-corrected chi connectivity index (χ1v) is 8.64. The number of amides is 2. The second kappa shape index (κ2) is 9.80. The summed E-state index contributed by atoms with van der Waals surface area (Å²) in [6.07, 6.45) is 9.13. The zero-order chi connectivity index (χ0) is 15.7. The van der Waals surface area contributed by atoms with Crippen LogP contribution in [0.5, 0.6) is 0 Å². The van der Waals surface area contributed by atoms with Gasteiger partial charge in [-0.1, -0.05) is 46.0 Å². The lowest BCUT2D eigenvalue weighted by Gasteiger charge is -2.34. The molecule has 0 aromatic heterocycles. The van der Waals surface area contributed by atoms with Crippen molar-refractivity contribution in [2.24, 2.45) is 5.92 Å². The molecule has 4 heteroatoms. The van der Waals surface area contributed by atoms with E-state index in [0.29, 0.717) is 24.9 Å². The van der Waals surface area contributed by atoms with Gasteiger partial charge in [0.15, 0.2) is 0 Å². The van der Waals surface area contributed by atoms with E-state index in [-0.39, 0.29) is 5.91 Å². The number of piperazine rings is 1. The average molecular weight is 296 g/mol. The fourth-order valence-electron chi connectivity index (χ4n) is 2.51. The number of nitrogens with zero attached hydrogens (tertiary/aromatic N) is 2. The minimum atomic E-state index is 0.114. The number of carbonyl (C=O) groups is 2. The largest absolute Gasteiger partial charge is 0.339 e. The summed E-state index contributed by atoms with van der Waals surface area (Å²) in [6.45, 7) is 8.91. The van der Waals surface area contributed by atoms with Gasteiger partial charge in [0.05, 0.1) is 0 Å². The molecule has 4 nitrogen and oxygen atoms in total. The first-order valence-electron chi connectivity index (χ1n) is 8.64. The van der Waals surface area contributed by atoms with Crippen LogP contribution in [0, 0.1) is 5.92 Å². The van der Waals surface area contributed by atoms with Crippen LogP contribution in [0.15, 0.2) is 0 Å². The van der Waals surface area contributed by atoms with Crippen molar-refractivity contribution >= 4 is 11.8 Å². The standard InChI is InChI=1S/C10H16N2O2.C7H16/c1-8(13)11-4-6-12(7-5-11)10(14)9-2-3-9;1-3-5-7-6-4-2/h9H,2-7H2,1H3;3-7H2,1-2H3. The first kappa shape index (κ1) is 18.0. The molecule has 2 rings (SSSR count). The highest BCUT2D eigenvalue weighted by molar-refractivity contribution is 5.81. The van der Waals surface area contributed by atoms with Crippen LogP contribution < -0.4 is 0 Å². The molecular formula is C17H32N2O2. The maximum Gasteiger partial charge on any atom is 0.225 e. The van der Waals surface area contributed by atoms with Crippen molar-refractivity contribution in [3.63, 3.8) is 0 Å². The molecular weight excluding hydrogens is 264 g/mol. The van der Waals surface area contributed by atoms with Crippen LogP contribution in [0.1, 0.15) is 65.7 Å². The molecule has 0 aromatic carbocycles. The molecule has 2 amide bonds. The zero-order valence-electron chi connectivity index (χ0n) is 14.1. The normalized spacial score (nSPS) is 18.0. The first-order chi connectivity index (χ1) is 10.1. The second-order valence-electron chi connectivity index (χ2n) is 6.17. The number of hydrogen-bond donors (Lipinski definition) is 0. The maximum atomic E-state index is 11.7. The minimum Gasteiger partial charge on any atom is -0.339 e. The predicted molar refractivity (Wildman–Crippen MR) is 86.0 cm³/mol. The van der Waals surface area contributed by atoms with E-state index < -0.39 is 0 Å². The van der Waals surface area contributed by atoms with Gasteiger partial charge in [-0.2, -0.15) is 0 Å². The fourth-order valence-corrected chi connectivity index (χ4v) is 2.51. The Bertz CT molecular complexity index is 315. The summed E-state index contributed by atoms with van der Waals surface area (Å²) < 4.78 is 0. The van der Waals surface area contributed by atoms with Gasteiger partial charge in [0.1, 0.15) is 0 Å².